The van der Waals surface area contributed by atoms with Crippen LogP contribution in [-0.4, -0.2) is 65.7 Å². The molecule has 3 N–H and O–H groups in total. The number of rotatable bonds is 47. The summed E-state index contributed by atoms with van der Waals surface area (Å²) >= 11 is 0. The first-order valence-electron chi connectivity index (χ1n) is 24.6. The molecule has 0 rings (SSSR count). The largest absolute Gasteiger partial charge is 0.472 e. The van der Waals surface area contributed by atoms with Crippen LogP contribution in [0.25, 0.3) is 0 Å². The van der Waals surface area contributed by atoms with Gasteiger partial charge in [0.15, 0.2) is 6.10 Å². The molecule has 0 aliphatic heterocycles. The molecule has 0 aromatic heterocycles. The van der Waals surface area contributed by atoms with Crippen molar-refractivity contribution >= 4 is 19.8 Å². The van der Waals surface area contributed by atoms with Crippen LogP contribution in [0.4, 0.5) is 0 Å². The molecule has 350 valence electrons. The summed E-state index contributed by atoms with van der Waals surface area (Å²) in [6.07, 6.45) is 44.6. The monoisotopic (exact) mass is 861 g/mol. The van der Waals surface area contributed by atoms with Crippen LogP contribution in [0, 0.1) is 0 Å². The van der Waals surface area contributed by atoms with E-state index in [1.54, 1.807) is 0 Å². The molecule has 0 amide bonds. The van der Waals surface area contributed by atoms with E-state index in [1.807, 2.05) is 0 Å². The van der Waals surface area contributed by atoms with Crippen molar-refractivity contribution in [1.82, 2.24) is 0 Å². The maximum atomic E-state index is 12.7. The van der Waals surface area contributed by atoms with Gasteiger partial charge in [-0.15, -0.1) is 0 Å². The fourth-order valence-corrected chi connectivity index (χ4v) is 7.90. The SMILES string of the molecule is CCCCCCCC/C=C\CCCCCCCCCC(=O)OC[C@H](COP(=O)(O)OC[C@@H](O)CO)OC(=O)CCCCCCCCCCCCCCCCCCCCC. The molecule has 0 aliphatic carbocycles. The second-order valence-corrected chi connectivity index (χ2v) is 18.3. The number of esters is 2. The Morgan fingerprint density at radius 2 is 0.831 bits per heavy atom. The molecule has 0 fully saturated rings. The maximum absolute atomic E-state index is 12.7. The van der Waals surface area contributed by atoms with Gasteiger partial charge in [-0.1, -0.05) is 206 Å². The average Bonchev–Trinajstić information content (AvgIpc) is 3.22. The van der Waals surface area contributed by atoms with Gasteiger partial charge in [-0.2, -0.15) is 0 Å². The molecular weight excluding hydrogens is 767 g/mol. The zero-order valence-corrected chi connectivity index (χ0v) is 39.1. The zero-order valence-electron chi connectivity index (χ0n) is 38.2. The van der Waals surface area contributed by atoms with E-state index >= 15 is 0 Å². The number of phosphoric acid groups is 1. The van der Waals surface area contributed by atoms with E-state index < -0.39 is 51.8 Å². The van der Waals surface area contributed by atoms with E-state index in [9.17, 15) is 24.2 Å². The summed E-state index contributed by atoms with van der Waals surface area (Å²) in [5, 5.41) is 18.4. The van der Waals surface area contributed by atoms with Crippen molar-refractivity contribution in [3.8, 4) is 0 Å². The molecule has 0 spiro atoms. The number of carbonyl (C=O) groups is 2. The predicted octanol–water partition coefficient (Wildman–Crippen LogP) is 13.6. The summed E-state index contributed by atoms with van der Waals surface area (Å²) in [4.78, 5) is 35.1. The minimum atomic E-state index is -4.62. The predicted molar refractivity (Wildman–Crippen MR) is 242 cm³/mol. The van der Waals surface area contributed by atoms with Crippen molar-refractivity contribution in [2.75, 3.05) is 26.4 Å². The van der Waals surface area contributed by atoms with Gasteiger partial charge in [-0.3, -0.25) is 18.6 Å². The van der Waals surface area contributed by atoms with Gasteiger partial charge in [0.05, 0.1) is 19.8 Å². The molecule has 0 radical (unpaired) electrons. The minimum Gasteiger partial charge on any atom is -0.462 e. The number of allylic oxidation sites excluding steroid dienone is 2. The van der Waals surface area contributed by atoms with Crippen LogP contribution >= 0.6 is 7.82 Å². The third kappa shape index (κ3) is 44.6. The second-order valence-electron chi connectivity index (χ2n) is 16.8. The summed E-state index contributed by atoms with van der Waals surface area (Å²) in [5.41, 5.74) is 0. The lowest BCUT2D eigenvalue weighted by atomic mass is 10.0. The average molecular weight is 861 g/mol. The van der Waals surface area contributed by atoms with Gasteiger partial charge in [0.25, 0.3) is 0 Å². The smallest absolute Gasteiger partial charge is 0.462 e. The van der Waals surface area contributed by atoms with E-state index in [0.29, 0.717) is 12.8 Å². The first-order chi connectivity index (χ1) is 28.7. The second kappa shape index (κ2) is 44.8. The first kappa shape index (κ1) is 57.7. The fraction of sp³-hybridized carbons (Fsp3) is 0.917. The normalized spacial score (nSPS) is 13.8. The van der Waals surface area contributed by atoms with Crippen LogP contribution in [-0.2, 0) is 32.7 Å². The number of hydrogen-bond donors (Lipinski definition) is 3. The maximum Gasteiger partial charge on any atom is 0.472 e. The molecular formula is C48H93O10P. The summed E-state index contributed by atoms with van der Waals surface area (Å²) in [5.74, 6) is -0.915. The lowest BCUT2D eigenvalue weighted by Crippen LogP contribution is -2.29. The topological polar surface area (TPSA) is 149 Å². The molecule has 0 heterocycles. The standard InChI is InChI=1S/C48H93O10P/c1-3-5-7-9-11-13-15-17-19-21-22-24-26-28-30-32-34-36-38-40-48(52)58-46(44-57-59(53,54)56-42-45(50)41-49)43-55-47(51)39-37-35-33-31-29-27-25-23-20-18-16-14-12-10-8-6-4-2/h18,20,45-46,49-50H,3-17,19,21-44H2,1-2H3,(H,53,54)/b20-18-/t45-,46+/m0/s1. The van der Waals surface area contributed by atoms with E-state index in [0.717, 1.165) is 44.9 Å². The number of ether oxygens (including phenoxy) is 2. The highest BCUT2D eigenvalue weighted by Crippen LogP contribution is 2.43. The van der Waals surface area contributed by atoms with Crippen LogP contribution in [0.2, 0.25) is 0 Å². The lowest BCUT2D eigenvalue weighted by Gasteiger charge is -2.20. The van der Waals surface area contributed by atoms with Gasteiger partial charge in [-0.05, 0) is 38.5 Å². The van der Waals surface area contributed by atoms with Gasteiger partial charge in [0.2, 0.25) is 0 Å². The Hall–Kier alpha value is -1.29. The molecule has 0 bridgehead atoms. The van der Waals surface area contributed by atoms with E-state index in [-0.39, 0.29) is 19.4 Å². The summed E-state index contributed by atoms with van der Waals surface area (Å²) < 4.78 is 32.8. The first-order valence-corrected chi connectivity index (χ1v) is 26.1. The Balaban J connectivity index is 4.18. The van der Waals surface area contributed by atoms with Crippen molar-refractivity contribution in [1.29, 1.82) is 0 Å². The van der Waals surface area contributed by atoms with Gasteiger partial charge in [0, 0.05) is 12.8 Å². The Kier molecular flexibility index (Phi) is 43.8. The number of carbonyl (C=O) groups excluding carboxylic acids is 2. The molecule has 0 saturated heterocycles. The van der Waals surface area contributed by atoms with Crippen LogP contribution in [0.15, 0.2) is 12.2 Å². The number of hydrogen-bond acceptors (Lipinski definition) is 9. The van der Waals surface area contributed by atoms with Gasteiger partial charge in [0.1, 0.15) is 12.7 Å². The summed E-state index contributed by atoms with van der Waals surface area (Å²) in [7, 11) is -4.62. The molecule has 0 saturated carbocycles. The van der Waals surface area contributed by atoms with Crippen LogP contribution < -0.4 is 0 Å². The minimum absolute atomic E-state index is 0.190. The Morgan fingerprint density at radius 1 is 0.492 bits per heavy atom. The number of aliphatic hydroxyl groups is 2. The van der Waals surface area contributed by atoms with Gasteiger partial charge in [-0.25, -0.2) is 4.57 Å². The summed E-state index contributed by atoms with van der Waals surface area (Å²) in [6, 6.07) is 0. The van der Waals surface area contributed by atoms with Crippen LogP contribution in [0.5, 0.6) is 0 Å². The Bertz CT molecular complexity index is 993. The highest BCUT2D eigenvalue weighted by atomic mass is 31.2. The molecule has 0 aromatic carbocycles. The highest BCUT2D eigenvalue weighted by molar-refractivity contribution is 7.47. The molecule has 0 aromatic rings. The van der Waals surface area contributed by atoms with Crippen LogP contribution in [0.3, 0.4) is 0 Å². The zero-order chi connectivity index (χ0) is 43.3. The molecule has 11 heteroatoms. The lowest BCUT2D eigenvalue weighted by molar-refractivity contribution is -0.161. The van der Waals surface area contributed by atoms with E-state index in [4.69, 9.17) is 23.6 Å². The van der Waals surface area contributed by atoms with Gasteiger partial charge >= 0.3 is 19.8 Å². The quantitative estimate of drug-likeness (QED) is 0.0234. The highest BCUT2D eigenvalue weighted by Gasteiger charge is 2.27. The molecule has 1 unspecified atom stereocenters. The Labute approximate surface area is 362 Å². The fourth-order valence-electron chi connectivity index (χ4n) is 7.11. The van der Waals surface area contributed by atoms with Crippen molar-refractivity contribution in [3.05, 3.63) is 12.2 Å². The van der Waals surface area contributed by atoms with Crippen molar-refractivity contribution in [3.63, 3.8) is 0 Å². The van der Waals surface area contributed by atoms with Crippen LogP contribution in [0.1, 0.15) is 245 Å². The third-order valence-corrected chi connectivity index (χ3v) is 11.9. The van der Waals surface area contributed by atoms with E-state index in [1.165, 1.54) is 161 Å². The Morgan fingerprint density at radius 3 is 1.22 bits per heavy atom. The van der Waals surface area contributed by atoms with Crippen molar-refractivity contribution in [2.45, 2.75) is 257 Å². The molecule has 0 aliphatic rings. The van der Waals surface area contributed by atoms with Crippen molar-refractivity contribution in [2.24, 2.45) is 0 Å². The number of phosphoric ester groups is 1. The molecule has 59 heavy (non-hydrogen) atoms. The summed E-state index contributed by atoms with van der Waals surface area (Å²) in [6.45, 7) is 2.42. The van der Waals surface area contributed by atoms with E-state index in [2.05, 4.69) is 26.0 Å². The van der Waals surface area contributed by atoms with Crippen molar-refractivity contribution < 1.29 is 47.8 Å². The molecule has 10 nitrogen and oxygen atoms in total. The molecule has 3 atom stereocenters. The number of unbranched alkanes of at least 4 members (excludes halogenated alkanes) is 31. The van der Waals surface area contributed by atoms with Gasteiger partial charge < -0.3 is 24.6 Å². The third-order valence-electron chi connectivity index (χ3n) is 10.9. The number of aliphatic hydroxyl groups excluding tert-OH is 2.